The molecular formula is C13H20N2. The average molecular weight is 204 g/mol. The van der Waals surface area contributed by atoms with E-state index in [1.807, 2.05) is 0 Å². The van der Waals surface area contributed by atoms with Gasteiger partial charge in [0.2, 0.25) is 0 Å². The quantitative estimate of drug-likeness (QED) is 0.753. The normalized spacial score (nSPS) is 21.8. The Kier molecular flexibility index (Phi) is 2.96. The first kappa shape index (κ1) is 10.5. The molecule has 1 unspecified atom stereocenters. The molecule has 2 rings (SSSR count). The van der Waals surface area contributed by atoms with Crippen LogP contribution in [0.25, 0.3) is 0 Å². The van der Waals surface area contributed by atoms with Crippen molar-refractivity contribution in [2.24, 2.45) is 0 Å². The fraction of sp³-hybridized carbons (Fsp3) is 0.538. The Morgan fingerprint density at radius 1 is 1.33 bits per heavy atom. The van der Waals surface area contributed by atoms with Gasteiger partial charge in [0, 0.05) is 31.4 Å². The number of hydrogen-bond donors (Lipinski definition) is 1. The van der Waals surface area contributed by atoms with Gasteiger partial charge in [0.05, 0.1) is 0 Å². The third-order valence-corrected chi connectivity index (χ3v) is 3.16. The molecule has 1 N–H and O–H groups in total. The first-order valence-electron chi connectivity index (χ1n) is 5.73. The van der Waals surface area contributed by atoms with Crippen LogP contribution in [-0.4, -0.2) is 25.7 Å². The van der Waals surface area contributed by atoms with E-state index in [-0.39, 0.29) is 0 Å². The molecule has 2 heteroatoms. The maximum absolute atomic E-state index is 3.42. The van der Waals surface area contributed by atoms with Gasteiger partial charge in [-0.15, -0.1) is 0 Å². The molecule has 1 aromatic carbocycles. The molecule has 1 atom stereocenters. The van der Waals surface area contributed by atoms with Gasteiger partial charge in [0.1, 0.15) is 0 Å². The highest BCUT2D eigenvalue weighted by atomic mass is 15.2. The molecule has 0 spiro atoms. The van der Waals surface area contributed by atoms with Crippen LogP contribution in [0.4, 0.5) is 5.69 Å². The van der Waals surface area contributed by atoms with Crippen LogP contribution < -0.4 is 10.2 Å². The van der Waals surface area contributed by atoms with E-state index in [9.17, 15) is 0 Å². The highest BCUT2D eigenvalue weighted by molar-refractivity contribution is 5.55. The van der Waals surface area contributed by atoms with Crippen LogP contribution in [0, 0.1) is 13.8 Å². The van der Waals surface area contributed by atoms with Gasteiger partial charge in [0.25, 0.3) is 0 Å². The molecule has 0 bridgehead atoms. The van der Waals surface area contributed by atoms with Crippen molar-refractivity contribution >= 4 is 5.69 Å². The number of hydrogen-bond acceptors (Lipinski definition) is 2. The van der Waals surface area contributed by atoms with E-state index in [0.29, 0.717) is 6.04 Å². The lowest BCUT2D eigenvalue weighted by Crippen LogP contribution is -2.50. The summed E-state index contributed by atoms with van der Waals surface area (Å²) in [4.78, 5) is 2.51. The van der Waals surface area contributed by atoms with Gasteiger partial charge in [-0.1, -0.05) is 17.7 Å². The van der Waals surface area contributed by atoms with Crippen molar-refractivity contribution in [3.8, 4) is 0 Å². The van der Waals surface area contributed by atoms with Crippen LogP contribution in [0.5, 0.6) is 0 Å². The summed E-state index contributed by atoms with van der Waals surface area (Å²) in [7, 11) is 0. The fourth-order valence-electron chi connectivity index (χ4n) is 2.33. The number of nitrogens with zero attached hydrogens (tertiary/aromatic N) is 1. The Bertz CT molecular complexity index is 346. The van der Waals surface area contributed by atoms with E-state index in [4.69, 9.17) is 0 Å². The van der Waals surface area contributed by atoms with Crippen molar-refractivity contribution in [1.82, 2.24) is 5.32 Å². The molecule has 1 aliphatic rings. The molecule has 15 heavy (non-hydrogen) atoms. The number of rotatable bonds is 1. The Morgan fingerprint density at radius 3 is 2.80 bits per heavy atom. The zero-order chi connectivity index (χ0) is 10.8. The zero-order valence-corrected chi connectivity index (χ0v) is 9.88. The molecule has 82 valence electrons. The predicted octanol–water partition coefficient (Wildman–Crippen LogP) is 2.10. The van der Waals surface area contributed by atoms with Gasteiger partial charge in [-0.25, -0.2) is 0 Å². The number of aryl methyl sites for hydroxylation is 2. The summed E-state index contributed by atoms with van der Waals surface area (Å²) in [6, 6.07) is 7.33. The molecule has 1 aliphatic heterocycles. The van der Waals surface area contributed by atoms with Crippen molar-refractivity contribution < 1.29 is 0 Å². The third-order valence-electron chi connectivity index (χ3n) is 3.16. The number of anilines is 1. The van der Waals surface area contributed by atoms with Gasteiger partial charge in [-0.2, -0.15) is 0 Å². The van der Waals surface area contributed by atoms with Gasteiger partial charge in [-0.3, -0.25) is 0 Å². The van der Waals surface area contributed by atoms with E-state index in [1.165, 1.54) is 16.8 Å². The van der Waals surface area contributed by atoms with Crippen LogP contribution in [0.3, 0.4) is 0 Å². The number of nitrogens with one attached hydrogen (secondary N) is 1. The van der Waals surface area contributed by atoms with Crippen LogP contribution in [-0.2, 0) is 0 Å². The molecule has 0 amide bonds. The van der Waals surface area contributed by atoms with Crippen LogP contribution in [0.15, 0.2) is 18.2 Å². The van der Waals surface area contributed by atoms with Crippen molar-refractivity contribution in [2.75, 3.05) is 24.5 Å². The maximum atomic E-state index is 3.42. The lowest BCUT2D eigenvalue weighted by molar-refractivity contribution is 0.500. The SMILES string of the molecule is Cc1ccc(N2CCNCC2C)c(C)c1. The first-order chi connectivity index (χ1) is 7.18. The van der Waals surface area contributed by atoms with Crippen molar-refractivity contribution in [3.05, 3.63) is 29.3 Å². The second-order valence-electron chi connectivity index (χ2n) is 4.54. The van der Waals surface area contributed by atoms with E-state index in [2.05, 4.69) is 49.2 Å². The lowest BCUT2D eigenvalue weighted by atomic mass is 10.1. The van der Waals surface area contributed by atoms with Crippen LogP contribution >= 0.6 is 0 Å². The minimum absolute atomic E-state index is 0.597. The lowest BCUT2D eigenvalue weighted by Gasteiger charge is -2.36. The summed E-state index contributed by atoms with van der Waals surface area (Å²) in [5.41, 5.74) is 4.14. The molecule has 0 aliphatic carbocycles. The Morgan fingerprint density at radius 2 is 2.13 bits per heavy atom. The summed E-state index contributed by atoms with van der Waals surface area (Å²) in [6.07, 6.45) is 0. The second kappa shape index (κ2) is 4.23. The summed E-state index contributed by atoms with van der Waals surface area (Å²) in [5.74, 6) is 0. The fourth-order valence-corrected chi connectivity index (χ4v) is 2.33. The van der Waals surface area contributed by atoms with E-state index < -0.39 is 0 Å². The van der Waals surface area contributed by atoms with Gasteiger partial charge in [0.15, 0.2) is 0 Å². The largest absolute Gasteiger partial charge is 0.366 e. The van der Waals surface area contributed by atoms with Crippen LogP contribution in [0.1, 0.15) is 18.1 Å². The highest BCUT2D eigenvalue weighted by Crippen LogP contribution is 2.23. The van der Waals surface area contributed by atoms with Crippen molar-refractivity contribution in [2.45, 2.75) is 26.8 Å². The summed E-state index contributed by atoms with van der Waals surface area (Å²) < 4.78 is 0. The Hall–Kier alpha value is -1.02. The summed E-state index contributed by atoms with van der Waals surface area (Å²) >= 11 is 0. The monoisotopic (exact) mass is 204 g/mol. The Labute approximate surface area is 92.3 Å². The second-order valence-corrected chi connectivity index (χ2v) is 4.54. The molecule has 1 fully saturated rings. The molecule has 1 heterocycles. The topological polar surface area (TPSA) is 15.3 Å². The van der Waals surface area contributed by atoms with E-state index in [1.54, 1.807) is 0 Å². The van der Waals surface area contributed by atoms with Gasteiger partial charge >= 0.3 is 0 Å². The zero-order valence-electron chi connectivity index (χ0n) is 9.88. The first-order valence-corrected chi connectivity index (χ1v) is 5.73. The molecule has 1 aromatic rings. The van der Waals surface area contributed by atoms with Crippen molar-refractivity contribution in [1.29, 1.82) is 0 Å². The smallest absolute Gasteiger partial charge is 0.0399 e. The van der Waals surface area contributed by atoms with E-state index >= 15 is 0 Å². The average Bonchev–Trinajstić information content (AvgIpc) is 2.20. The number of benzene rings is 1. The molecular weight excluding hydrogens is 184 g/mol. The predicted molar refractivity (Wildman–Crippen MR) is 65.6 cm³/mol. The molecule has 0 aromatic heterocycles. The third kappa shape index (κ3) is 2.15. The number of piperazine rings is 1. The molecule has 0 saturated carbocycles. The highest BCUT2D eigenvalue weighted by Gasteiger charge is 2.19. The van der Waals surface area contributed by atoms with Crippen LogP contribution in [0.2, 0.25) is 0 Å². The van der Waals surface area contributed by atoms with Crippen molar-refractivity contribution in [3.63, 3.8) is 0 Å². The summed E-state index contributed by atoms with van der Waals surface area (Å²) in [5, 5.41) is 3.42. The Balaban J connectivity index is 2.27. The molecule has 2 nitrogen and oxygen atoms in total. The van der Waals surface area contributed by atoms with Gasteiger partial charge < -0.3 is 10.2 Å². The summed E-state index contributed by atoms with van der Waals surface area (Å²) in [6.45, 7) is 9.94. The van der Waals surface area contributed by atoms with Gasteiger partial charge in [-0.05, 0) is 32.4 Å². The minimum Gasteiger partial charge on any atom is -0.366 e. The van der Waals surface area contributed by atoms with E-state index in [0.717, 1.165) is 19.6 Å². The minimum atomic E-state index is 0.597. The maximum Gasteiger partial charge on any atom is 0.0399 e. The standard InChI is InChI=1S/C13H20N2/c1-10-4-5-13(11(2)8-10)15-7-6-14-9-12(15)3/h4-5,8,12,14H,6-7,9H2,1-3H3. The molecule has 1 saturated heterocycles. The molecule has 0 radical (unpaired) electrons.